The predicted molar refractivity (Wildman–Crippen MR) is 88.9 cm³/mol. The number of hydrogen-bond acceptors (Lipinski definition) is 5. The maximum absolute atomic E-state index is 12.3. The zero-order valence-corrected chi connectivity index (χ0v) is 13.4. The lowest BCUT2D eigenvalue weighted by molar-refractivity contribution is -0.304. The SMILES string of the molecule is CC(=O)Nc1ccccc1C(=O)C(=O)Nc1ccc(CC(=O)[O-])cc1. The van der Waals surface area contributed by atoms with Gasteiger partial charge in [-0.15, -0.1) is 0 Å². The fourth-order valence-corrected chi connectivity index (χ4v) is 2.16. The van der Waals surface area contributed by atoms with Crippen LogP contribution < -0.4 is 15.7 Å². The van der Waals surface area contributed by atoms with E-state index < -0.39 is 17.7 Å². The van der Waals surface area contributed by atoms with Gasteiger partial charge in [0, 0.05) is 25.0 Å². The van der Waals surface area contributed by atoms with Crippen molar-refractivity contribution in [3.05, 3.63) is 59.7 Å². The molecule has 0 atom stereocenters. The second-order valence-corrected chi connectivity index (χ2v) is 5.26. The molecule has 0 saturated heterocycles. The molecule has 0 saturated carbocycles. The Bertz CT molecular complexity index is 828. The van der Waals surface area contributed by atoms with E-state index in [1.165, 1.54) is 43.3 Å². The van der Waals surface area contributed by atoms with Crippen LogP contribution >= 0.6 is 0 Å². The van der Waals surface area contributed by atoms with Crippen molar-refractivity contribution in [1.82, 2.24) is 0 Å². The molecule has 0 aliphatic carbocycles. The highest BCUT2D eigenvalue weighted by atomic mass is 16.4. The molecule has 0 heterocycles. The number of carboxylic acids is 1. The van der Waals surface area contributed by atoms with Gasteiger partial charge in [-0.1, -0.05) is 24.3 Å². The smallest absolute Gasteiger partial charge is 0.296 e. The van der Waals surface area contributed by atoms with E-state index in [0.29, 0.717) is 11.3 Å². The molecule has 2 aromatic rings. The van der Waals surface area contributed by atoms with Crippen molar-refractivity contribution < 1.29 is 24.3 Å². The topological polar surface area (TPSA) is 115 Å². The monoisotopic (exact) mass is 339 g/mol. The lowest BCUT2D eigenvalue weighted by atomic mass is 10.1. The van der Waals surface area contributed by atoms with Crippen LogP contribution in [0.25, 0.3) is 0 Å². The molecule has 0 aromatic heterocycles. The molecule has 2 rings (SSSR count). The lowest BCUT2D eigenvalue weighted by Crippen LogP contribution is -2.25. The fraction of sp³-hybridized carbons (Fsp3) is 0.111. The Hall–Kier alpha value is -3.48. The minimum absolute atomic E-state index is 0.0729. The molecule has 2 aromatic carbocycles. The summed E-state index contributed by atoms with van der Waals surface area (Å²) in [6, 6.07) is 12.2. The Kier molecular flexibility index (Phi) is 5.62. The zero-order valence-electron chi connectivity index (χ0n) is 13.4. The van der Waals surface area contributed by atoms with Gasteiger partial charge in [0.05, 0.1) is 11.3 Å². The van der Waals surface area contributed by atoms with E-state index in [1.807, 2.05) is 0 Å². The third-order valence-electron chi connectivity index (χ3n) is 3.25. The number of hydrogen-bond donors (Lipinski definition) is 2. The first-order valence-corrected chi connectivity index (χ1v) is 7.38. The summed E-state index contributed by atoms with van der Waals surface area (Å²) in [4.78, 5) is 46.2. The maximum atomic E-state index is 12.3. The van der Waals surface area contributed by atoms with Gasteiger partial charge in [0.25, 0.3) is 11.7 Å². The number of rotatable bonds is 6. The lowest BCUT2D eigenvalue weighted by Gasteiger charge is -2.10. The summed E-state index contributed by atoms with van der Waals surface area (Å²) in [6.07, 6.45) is -0.239. The molecule has 7 nitrogen and oxygen atoms in total. The van der Waals surface area contributed by atoms with Gasteiger partial charge in [0.2, 0.25) is 5.91 Å². The highest BCUT2D eigenvalue weighted by Gasteiger charge is 2.20. The first-order valence-electron chi connectivity index (χ1n) is 7.38. The van der Waals surface area contributed by atoms with E-state index in [0.717, 1.165) is 0 Å². The van der Waals surface area contributed by atoms with E-state index in [1.54, 1.807) is 12.1 Å². The van der Waals surface area contributed by atoms with E-state index in [2.05, 4.69) is 10.6 Å². The summed E-state index contributed by atoms with van der Waals surface area (Å²) in [6.45, 7) is 1.30. The molecule has 128 valence electrons. The minimum Gasteiger partial charge on any atom is -0.550 e. The van der Waals surface area contributed by atoms with Crippen molar-refractivity contribution in [2.45, 2.75) is 13.3 Å². The number of carbonyl (C=O) groups excluding carboxylic acids is 4. The van der Waals surface area contributed by atoms with Crippen molar-refractivity contribution >= 4 is 34.9 Å². The van der Waals surface area contributed by atoms with Crippen LogP contribution in [0.3, 0.4) is 0 Å². The van der Waals surface area contributed by atoms with Crippen molar-refractivity contribution in [3.8, 4) is 0 Å². The third-order valence-corrected chi connectivity index (χ3v) is 3.25. The number of benzene rings is 2. The number of ketones is 1. The van der Waals surface area contributed by atoms with Gasteiger partial charge in [0.1, 0.15) is 0 Å². The van der Waals surface area contributed by atoms with Gasteiger partial charge < -0.3 is 20.5 Å². The van der Waals surface area contributed by atoms with Crippen molar-refractivity contribution in [2.75, 3.05) is 10.6 Å². The Morgan fingerprint density at radius 3 is 2.16 bits per heavy atom. The number of carboxylic acid groups (broad SMARTS) is 1. The molecule has 2 amide bonds. The number of nitrogens with one attached hydrogen (secondary N) is 2. The van der Waals surface area contributed by atoms with Gasteiger partial charge in [-0.2, -0.15) is 0 Å². The van der Waals surface area contributed by atoms with Crippen LogP contribution in [0, 0.1) is 0 Å². The highest BCUT2D eigenvalue weighted by molar-refractivity contribution is 6.47. The first-order chi connectivity index (χ1) is 11.9. The standard InChI is InChI=1S/C18H16N2O5/c1-11(21)19-15-5-3-2-4-14(15)17(24)18(25)20-13-8-6-12(7-9-13)10-16(22)23/h2-9H,10H2,1H3,(H,19,21)(H,20,25)(H,22,23)/p-1. The van der Waals surface area contributed by atoms with Crippen LogP contribution in [0.5, 0.6) is 0 Å². The number of Topliss-reactive ketones (excluding diaryl/α,β-unsaturated/α-hetero) is 1. The quantitative estimate of drug-likeness (QED) is 0.595. The Morgan fingerprint density at radius 1 is 0.920 bits per heavy atom. The maximum Gasteiger partial charge on any atom is 0.296 e. The van der Waals surface area contributed by atoms with Crippen LogP contribution in [0.15, 0.2) is 48.5 Å². The summed E-state index contributed by atoms with van der Waals surface area (Å²) in [7, 11) is 0. The molecule has 0 unspecified atom stereocenters. The number of carbonyl (C=O) groups is 4. The van der Waals surface area contributed by atoms with Crippen LogP contribution in [0.4, 0.5) is 11.4 Å². The summed E-state index contributed by atoms with van der Waals surface area (Å²) < 4.78 is 0. The average Bonchev–Trinajstić information content (AvgIpc) is 2.55. The summed E-state index contributed by atoms with van der Waals surface area (Å²) >= 11 is 0. The van der Waals surface area contributed by atoms with Crippen LogP contribution in [0.2, 0.25) is 0 Å². The fourth-order valence-electron chi connectivity index (χ4n) is 2.16. The molecule has 0 spiro atoms. The number of aliphatic carboxylic acids is 1. The summed E-state index contributed by atoms with van der Waals surface area (Å²) in [5.74, 6) is -3.24. The van der Waals surface area contributed by atoms with Crippen molar-refractivity contribution in [2.24, 2.45) is 0 Å². The molecule has 7 heteroatoms. The van der Waals surface area contributed by atoms with Crippen LogP contribution in [0.1, 0.15) is 22.8 Å². The molecule has 2 N–H and O–H groups in total. The molecule has 0 aliphatic heterocycles. The molecule has 0 fully saturated rings. The van der Waals surface area contributed by atoms with Gasteiger partial charge in [-0.25, -0.2) is 0 Å². The second-order valence-electron chi connectivity index (χ2n) is 5.26. The Balaban J connectivity index is 2.12. The molecule has 0 aliphatic rings. The number of para-hydroxylation sites is 1. The third kappa shape index (κ3) is 5.00. The minimum atomic E-state index is -1.21. The highest BCUT2D eigenvalue weighted by Crippen LogP contribution is 2.17. The first kappa shape index (κ1) is 17.9. The van der Waals surface area contributed by atoms with Gasteiger partial charge in [-0.3, -0.25) is 14.4 Å². The van der Waals surface area contributed by atoms with Gasteiger partial charge in [-0.05, 0) is 29.8 Å². The van der Waals surface area contributed by atoms with E-state index in [4.69, 9.17) is 0 Å². The molecule has 0 radical (unpaired) electrons. The largest absolute Gasteiger partial charge is 0.550 e. The second kappa shape index (κ2) is 7.87. The average molecular weight is 339 g/mol. The number of amides is 2. The molecular formula is C18H15N2O5-. The Morgan fingerprint density at radius 2 is 1.56 bits per heavy atom. The van der Waals surface area contributed by atoms with E-state index >= 15 is 0 Å². The normalized spacial score (nSPS) is 9.96. The van der Waals surface area contributed by atoms with E-state index in [-0.39, 0.29) is 23.6 Å². The predicted octanol–water partition coefficient (Wildman–Crippen LogP) is 0.759. The molecule has 0 bridgehead atoms. The molecular weight excluding hydrogens is 324 g/mol. The van der Waals surface area contributed by atoms with Crippen molar-refractivity contribution in [3.63, 3.8) is 0 Å². The van der Waals surface area contributed by atoms with Gasteiger partial charge in [0.15, 0.2) is 0 Å². The zero-order chi connectivity index (χ0) is 18.4. The van der Waals surface area contributed by atoms with Crippen molar-refractivity contribution in [1.29, 1.82) is 0 Å². The number of anilines is 2. The summed E-state index contributed by atoms with van der Waals surface area (Å²) in [5, 5.41) is 15.5. The van der Waals surface area contributed by atoms with Crippen LogP contribution in [-0.2, 0) is 20.8 Å². The van der Waals surface area contributed by atoms with Crippen LogP contribution in [-0.4, -0.2) is 23.6 Å². The van der Waals surface area contributed by atoms with Gasteiger partial charge >= 0.3 is 0 Å². The molecule has 25 heavy (non-hydrogen) atoms. The summed E-state index contributed by atoms with van der Waals surface area (Å²) in [5.41, 5.74) is 1.18. The Labute approximate surface area is 143 Å². The van der Waals surface area contributed by atoms with E-state index in [9.17, 15) is 24.3 Å².